The summed E-state index contributed by atoms with van der Waals surface area (Å²) in [7, 11) is 1.45. The summed E-state index contributed by atoms with van der Waals surface area (Å²) in [6, 6.07) is 8.37. The van der Waals surface area contributed by atoms with Crippen molar-refractivity contribution in [3.8, 4) is 0 Å². The van der Waals surface area contributed by atoms with Crippen LogP contribution in [-0.2, 0) is 15.3 Å². The molecule has 0 saturated heterocycles. The first-order chi connectivity index (χ1) is 9.67. The molecule has 0 heterocycles. The molecule has 1 aromatic carbocycles. The summed E-state index contributed by atoms with van der Waals surface area (Å²) < 4.78 is 4.83. The largest absolute Gasteiger partial charge is 0.468 e. The van der Waals surface area contributed by atoms with Crippen molar-refractivity contribution in [2.75, 3.05) is 19.4 Å². The molecular weight excluding hydrogens is 270 g/mol. The summed E-state index contributed by atoms with van der Waals surface area (Å²) in [5, 5.41) is 3.24. The van der Waals surface area contributed by atoms with E-state index in [9.17, 15) is 4.79 Å². The molecule has 0 aromatic heterocycles. The predicted molar refractivity (Wildman–Crippen MR) is 86.1 cm³/mol. The lowest BCUT2D eigenvalue weighted by Crippen LogP contribution is -2.38. The number of rotatable bonds is 9. The molecule has 0 aliphatic rings. The van der Waals surface area contributed by atoms with Crippen LogP contribution in [0.2, 0.25) is 0 Å². The minimum atomic E-state index is -0.176. The summed E-state index contributed by atoms with van der Waals surface area (Å²) in [6.45, 7) is 5.05. The fourth-order valence-electron chi connectivity index (χ4n) is 1.96. The molecule has 1 unspecified atom stereocenters. The molecule has 1 aromatic rings. The zero-order chi connectivity index (χ0) is 14.8. The lowest BCUT2D eigenvalue weighted by Gasteiger charge is -2.15. The van der Waals surface area contributed by atoms with Gasteiger partial charge in [-0.25, -0.2) is 0 Å². The number of aryl methyl sites for hydroxylation is 1. The molecule has 0 spiro atoms. The first kappa shape index (κ1) is 17.1. The molecule has 0 aliphatic carbocycles. The molecule has 112 valence electrons. The molecule has 0 saturated carbocycles. The van der Waals surface area contributed by atoms with Gasteiger partial charge in [-0.2, -0.15) is 11.8 Å². The first-order valence-electron chi connectivity index (χ1n) is 7.12. The number of ether oxygens (including phenoxy) is 1. The van der Waals surface area contributed by atoms with E-state index in [2.05, 4.69) is 43.4 Å². The molecule has 0 radical (unpaired) electrons. The Balaban J connectivity index is 2.31. The topological polar surface area (TPSA) is 38.3 Å². The number of benzene rings is 1. The van der Waals surface area contributed by atoms with Crippen LogP contribution in [0.25, 0.3) is 0 Å². The van der Waals surface area contributed by atoms with Gasteiger partial charge in [0.1, 0.15) is 6.04 Å². The average molecular weight is 295 g/mol. The number of carbonyl (C=O) groups excluding carboxylic acids is 1. The van der Waals surface area contributed by atoms with Gasteiger partial charge in [0.25, 0.3) is 0 Å². The van der Waals surface area contributed by atoms with Crippen LogP contribution in [-0.4, -0.2) is 31.4 Å². The minimum Gasteiger partial charge on any atom is -0.468 e. The van der Waals surface area contributed by atoms with E-state index in [1.807, 2.05) is 11.8 Å². The normalized spacial score (nSPS) is 12.2. The number of thioether (sulfide) groups is 1. The number of esters is 1. The summed E-state index contributed by atoms with van der Waals surface area (Å²) in [4.78, 5) is 11.6. The first-order valence-corrected chi connectivity index (χ1v) is 8.27. The maximum absolute atomic E-state index is 11.6. The predicted octanol–water partition coefficient (Wildman–Crippen LogP) is 3.16. The van der Waals surface area contributed by atoms with Crippen LogP contribution in [0.5, 0.6) is 0 Å². The molecule has 1 rings (SSSR count). The molecule has 0 aliphatic heterocycles. The Kier molecular flexibility index (Phi) is 8.38. The number of carbonyl (C=O) groups is 1. The van der Waals surface area contributed by atoms with Gasteiger partial charge in [0, 0.05) is 5.75 Å². The second-order valence-corrected chi connectivity index (χ2v) is 5.97. The van der Waals surface area contributed by atoms with E-state index in [1.165, 1.54) is 18.2 Å². The van der Waals surface area contributed by atoms with Crippen molar-refractivity contribution in [2.24, 2.45) is 0 Å². The third-order valence-electron chi connectivity index (χ3n) is 3.03. The van der Waals surface area contributed by atoms with Crippen molar-refractivity contribution in [1.82, 2.24) is 5.32 Å². The maximum Gasteiger partial charge on any atom is 0.322 e. The smallest absolute Gasteiger partial charge is 0.322 e. The van der Waals surface area contributed by atoms with E-state index in [1.54, 1.807) is 0 Å². The third-order valence-corrected chi connectivity index (χ3v) is 4.09. The highest BCUT2D eigenvalue weighted by Gasteiger charge is 2.17. The van der Waals surface area contributed by atoms with E-state index in [0.717, 1.165) is 30.9 Å². The summed E-state index contributed by atoms with van der Waals surface area (Å²) in [5.74, 6) is 1.78. The minimum absolute atomic E-state index is 0.158. The summed E-state index contributed by atoms with van der Waals surface area (Å²) >= 11 is 1.86. The highest BCUT2D eigenvalue weighted by molar-refractivity contribution is 7.98. The molecule has 20 heavy (non-hydrogen) atoms. The van der Waals surface area contributed by atoms with Gasteiger partial charge in [0.2, 0.25) is 0 Å². The van der Waals surface area contributed by atoms with E-state index >= 15 is 0 Å². The van der Waals surface area contributed by atoms with Crippen LogP contribution in [0.3, 0.4) is 0 Å². The van der Waals surface area contributed by atoms with Crippen molar-refractivity contribution in [3.63, 3.8) is 0 Å². The molecular formula is C16H25NO2S. The van der Waals surface area contributed by atoms with Crippen LogP contribution in [0, 0.1) is 6.92 Å². The van der Waals surface area contributed by atoms with E-state index in [4.69, 9.17) is 4.74 Å². The van der Waals surface area contributed by atoms with Gasteiger partial charge in [-0.15, -0.1) is 0 Å². The van der Waals surface area contributed by atoms with Gasteiger partial charge in [-0.05, 0) is 37.6 Å². The number of hydrogen-bond donors (Lipinski definition) is 1. The van der Waals surface area contributed by atoms with E-state index in [-0.39, 0.29) is 12.0 Å². The van der Waals surface area contributed by atoms with Gasteiger partial charge in [-0.3, -0.25) is 4.79 Å². The van der Waals surface area contributed by atoms with Crippen molar-refractivity contribution in [2.45, 2.75) is 38.5 Å². The average Bonchev–Trinajstić information content (AvgIpc) is 2.46. The Labute approximate surface area is 126 Å². The van der Waals surface area contributed by atoms with Gasteiger partial charge >= 0.3 is 5.97 Å². The monoisotopic (exact) mass is 295 g/mol. The lowest BCUT2D eigenvalue weighted by atomic mass is 10.2. The highest BCUT2D eigenvalue weighted by Crippen LogP contribution is 2.15. The molecule has 4 heteroatoms. The van der Waals surface area contributed by atoms with Gasteiger partial charge in [0.15, 0.2) is 0 Å². The number of hydrogen-bond acceptors (Lipinski definition) is 4. The zero-order valence-corrected chi connectivity index (χ0v) is 13.5. The summed E-state index contributed by atoms with van der Waals surface area (Å²) in [5.41, 5.74) is 2.63. The van der Waals surface area contributed by atoms with Crippen molar-refractivity contribution < 1.29 is 9.53 Å². The fourth-order valence-corrected chi connectivity index (χ4v) is 2.92. The molecule has 0 bridgehead atoms. The molecule has 0 fully saturated rings. The Bertz CT molecular complexity index is 409. The SMILES string of the molecule is CCCNC(CCSCc1cccc(C)c1)C(=O)OC. The second kappa shape index (κ2) is 9.83. The van der Waals surface area contributed by atoms with E-state index in [0.29, 0.717) is 0 Å². The quantitative estimate of drug-likeness (QED) is 0.561. The van der Waals surface area contributed by atoms with E-state index < -0.39 is 0 Å². The molecule has 1 N–H and O–H groups in total. The Morgan fingerprint density at radius 3 is 2.90 bits per heavy atom. The van der Waals surface area contributed by atoms with Crippen LogP contribution in [0.15, 0.2) is 24.3 Å². The Morgan fingerprint density at radius 1 is 1.45 bits per heavy atom. The van der Waals surface area contributed by atoms with Gasteiger partial charge in [0.05, 0.1) is 7.11 Å². The Morgan fingerprint density at radius 2 is 2.25 bits per heavy atom. The van der Waals surface area contributed by atoms with Crippen LogP contribution in [0.1, 0.15) is 30.9 Å². The maximum atomic E-state index is 11.6. The fraction of sp³-hybridized carbons (Fsp3) is 0.562. The van der Waals surface area contributed by atoms with Gasteiger partial charge < -0.3 is 10.1 Å². The number of methoxy groups -OCH3 is 1. The zero-order valence-electron chi connectivity index (χ0n) is 12.6. The third kappa shape index (κ3) is 6.44. The van der Waals surface area contributed by atoms with Crippen LogP contribution in [0.4, 0.5) is 0 Å². The molecule has 3 nitrogen and oxygen atoms in total. The van der Waals surface area contributed by atoms with Crippen molar-refractivity contribution in [3.05, 3.63) is 35.4 Å². The lowest BCUT2D eigenvalue weighted by molar-refractivity contribution is -0.143. The van der Waals surface area contributed by atoms with Crippen LogP contribution < -0.4 is 5.32 Å². The standard InChI is InChI=1S/C16H25NO2S/c1-4-9-17-15(16(18)19-3)8-10-20-12-14-7-5-6-13(2)11-14/h5-7,11,15,17H,4,8-10,12H2,1-3H3. The molecule has 1 atom stereocenters. The van der Waals surface area contributed by atoms with Crippen molar-refractivity contribution in [1.29, 1.82) is 0 Å². The Hall–Kier alpha value is -1.00. The molecule has 0 amide bonds. The van der Waals surface area contributed by atoms with Crippen molar-refractivity contribution >= 4 is 17.7 Å². The van der Waals surface area contributed by atoms with Crippen LogP contribution >= 0.6 is 11.8 Å². The summed E-state index contributed by atoms with van der Waals surface area (Å²) in [6.07, 6.45) is 1.83. The second-order valence-electron chi connectivity index (χ2n) is 4.86. The van der Waals surface area contributed by atoms with Gasteiger partial charge in [-0.1, -0.05) is 36.8 Å². The highest BCUT2D eigenvalue weighted by atomic mass is 32.2. The number of nitrogens with one attached hydrogen (secondary N) is 1.